The highest BCUT2D eigenvalue weighted by Crippen LogP contribution is 2.25. The Morgan fingerprint density at radius 2 is 2.24 bits per heavy atom. The first kappa shape index (κ1) is 14.7. The van der Waals surface area contributed by atoms with Gasteiger partial charge in [-0.15, -0.1) is 0 Å². The molecule has 2 N–H and O–H groups in total. The number of pyridine rings is 1. The van der Waals surface area contributed by atoms with Gasteiger partial charge in [0.1, 0.15) is 10.0 Å². The molecule has 1 aliphatic heterocycles. The van der Waals surface area contributed by atoms with Crippen molar-refractivity contribution >= 4 is 32.5 Å². The monoisotopic (exact) mass is 325 g/mol. The third kappa shape index (κ3) is 2.89. The first-order chi connectivity index (χ1) is 9.97. The summed E-state index contributed by atoms with van der Waals surface area (Å²) in [6.07, 6.45) is 0.789. The number of benzene rings is 1. The van der Waals surface area contributed by atoms with Crippen LogP contribution in [0.25, 0.3) is 10.9 Å². The standard InChI is InChI=1S/C14H16ClN3O2S/c1-9-7-10-3-2-4-12(13(10)17-14(9)15)21(19,20)18-11-5-6-16-8-11/h2-4,7,11,16,18H,5-6,8H2,1H3. The quantitative estimate of drug-likeness (QED) is 0.845. The van der Waals surface area contributed by atoms with Gasteiger partial charge in [0, 0.05) is 18.0 Å². The second-order valence-electron chi connectivity index (χ2n) is 5.23. The summed E-state index contributed by atoms with van der Waals surface area (Å²) in [6.45, 7) is 3.32. The van der Waals surface area contributed by atoms with Crippen LogP contribution >= 0.6 is 11.6 Å². The summed E-state index contributed by atoms with van der Waals surface area (Å²) >= 11 is 6.04. The molecule has 1 unspecified atom stereocenters. The third-order valence-electron chi connectivity index (χ3n) is 3.61. The maximum Gasteiger partial charge on any atom is 0.243 e. The zero-order valence-electron chi connectivity index (χ0n) is 11.6. The molecule has 0 amide bonds. The molecular weight excluding hydrogens is 310 g/mol. The van der Waals surface area contributed by atoms with Gasteiger partial charge in [-0.3, -0.25) is 0 Å². The fourth-order valence-electron chi connectivity index (χ4n) is 2.51. The Bertz CT molecular complexity index is 786. The van der Waals surface area contributed by atoms with Crippen molar-refractivity contribution in [2.24, 2.45) is 0 Å². The highest BCUT2D eigenvalue weighted by Gasteiger charge is 2.24. The van der Waals surface area contributed by atoms with Crippen LogP contribution < -0.4 is 10.0 Å². The van der Waals surface area contributed by atoms with Crippen LogP contribution in [0.5, 0.6) is 0 Å². The second kappa shape index (κ2) is 5.53. The number of fused-ring (bicyclic) bond motifs is 1. The summed E-state index contributed by atoms with van der Waals surface area (Å²) in [5, 5.41) is 4.23. The molecule has 0 bridgehead atoms. The van der Waals surface area contributed by atoms with Crippen molar-refractivity contribution < 1.29 is 8.42 Å². The number of hydrogen-bond acceptors (Lipinski definition) is 4. The van der Waals surface area contributed by atoms with Crippen LogP contribution in [0.1, 0.15) is 12.0 Å². The van der Waals surface area contributed by atoms with Gasteiger partial charge in [-0.2, -0.15) is 0 Å². The molecule has 2 heterocycles. The minimum atomic E-state index is -3.61. The molecule has 0 radical (unpaired) electrons. The van der Waals surface area contributed by atoms with Crippen LogP contribution in [0.4, 0.5) is 0 Å². The van der Waals surface area contributed by atoms with Gasteiger partial charge in [0.15, 0.2) is 0 Å². The van der Waals surface area contributed by atoms with E-state index < -0.39 is 10.0 Å². The molecule has 1 saturated heterocycles. The predicted octanol–water partition coefficient (Wildman–Crippen LogP) is 1.84. The van der Waals surface area contributed by atoms with Crippen molar-refractivity contribution in [1.29, 1.82) is 0 Å². The van der Waals surface area contributed by atoms with Crippen molar-refractivity contribution in [3.8, 4) is 0 Å². The Morgan fingerprint density at radius 1 is 1.43 bits per heavy atom. The lowest BCUT2D eigenvalue weighted by Gasteiger charge is -2.13. The Labute approximate surface area is 128 Å². The van der Waals surface area contributed by atoms with Gasteiger partial charge in [0.25, 0.3) is 0 Å². The summed E-state index contributed by atoms with van der Waals surface area (Å²) in [6, 6.07) is 6.89. The summed E-state index contributed by atoms with van der Waals surface area (Å²) in [7, 11) is -3.61. The Morgan fingerprint density at radius 3 is 2.95 bits per heavy atom. The molecule has 1 atom stereocenters. The van der Waals surface area contributed by atoms with E-state index in [1.807, 2.05) is 19.1 Å². The SMILES string of the molecule is Cc1cc2cccc(S(=O)(=O)NC3CCNC3)c2nc1Cl. The fraction of sp³-hybridized carbons (Fsp3) is 0.357. The molecule has 21 heavy (non-hydrogen) atoms. The number of aromatic nitrogens is 1. The van der Waals surface area contributed by atoms with Crippen molar-refractivity contribution in [3.63, 3.8) is 0 Å². The molecule has 1 aromatic carbocycles. The van der Waals surface area contributed by atoms with Crippen molar-refractivity contribution in [2.45, 2.75) is 24.3 Å². The molecular formula is C14H16ClN3O2S. The molecule has 1 fully saturated rings. The van der Waals surface area contributed by atoms with Crippen molar-refractivity contribution in [2.75, 3.05) is 13.1 Å². The van der Waals surface area contributed by atoms with E-state index in [0.29, 0.717) is 17.2 Å². The third-order valence-corrected chi connectivity index (χ3v) is 5.54. The van der Waals surface area contributed by atoms with Crippen LogP contribution in [0.3, 0.4) is 0 Å². The van der Waals surface area contributed by atoms with Crippen LogP contribution in [-0.2, 0) is 10.0 Å². The summed E-state index contributed by atoms with van der Waals surface area (Å²) in [4.78, 5) is 4.42. The molecule has 0 saturated carbocycles. The zero-order chi connectivity index (χ0) is 15.0. The lowest BCUT2D eigenvalue weighted by Crippen LogP contribution is -2.36. The molecule has 2 aromatic rings. The van der Waals surface area contributed by atoms with E-state index in [2.05, 4.69) is 15.0 Å². The van der Waals surface area contributed by atoms with Gasteiger partial charge in [0.2, 0.25) is 10.0 Å². The van der Waals surface area contributed by atoms with E-state index in [4.69, 9.17) is 11.6 Å². The summed E-state index contributed by atoms with van der Waals surface area (Å²) < 4.78 is 27.9. The molecule has 7 heteroatoms. The lowest BCUT2D eigenvalue weighted by molar-refractivity contribution is 0.561. The summed E-state index contributed by atoms with van der Waals surface area (Å²) in [5.74, 6) is 0. The number of nitrogens with zero attached hydrogens (tertiary/aromatic N) is 1. The number of hydrogen-bond donors (Lipinski definition) is 2. The maximum atomic E-state index is 12.6. The van der Waals surface area contributed by atoms with E-state index in [0.717, 1.165) is 23.9 Å². The molecule has 1 aromatic heterocycles. The number of sulfonamides is 1. The van der Waals surface area contributed by atoms with E-state index in [-0.39, 0.29) is 10.9 Å². The predicted molar refractivity (Wildman–Crippen MR) is 83.1 cm³/mol. The largest absolute Gasteiger partial charge is 0.315 e. The molecule has 5 nitrogen and oxygen atoms in total. The number of rotatable bonds is 3. The van der Waals surface area contributed by atoms with Crippen molar-refractivity contribution in [1.82, 2.24) is 15.0 Å². The zero-order valence-corrected chi connectivity index (χ0v) is 13.1. The molecule has 0 aliphatic carbocycles. The van der Waals surface area contributed by atoms with Crippen LogP contribution in [0, 0.1) is 6.92 Å². The van der Waals surface area contributed by atoms with Crippen LogP contribution in [0.15, 0.2) is 29.2 Å². The number of nitrogens with one attached hydrogen (secondary N) is 2. The van der Waals surface area contributed by atoms with E-state index in [1.165, 1.54) is 0 Å². The van der Waals surface area contributed by atoms with Gasteiger partial charge in [-0.05, 0) is 37.6 Å². The number of halogens is 1. The fourth-order valence-corrected chi connectivity index (χ4v) is 4.09. The Hall–Kier alpha value is -1.21. The number of para-hydroxylation sites is 1. The second-order valence-corrected chi connectivity index (χ2v) is 7.28. The molecule has 0 spiro atoms. The molecule has 1 aliphatic rings. The van der Waals surface area contributed by atoms with E-state index >= 15 is 0 Å². The lowest BCUT2D eigenvalue weighted by atomic mass is 10.2. The maximum absolute atomic E-state index is 12.6. The smallest absolute Gasteiger partial charge is 0.243 e. The average Bonchev–Trinajstić information content (AvgIpc) is 2.91. The van der Waals surface area contributed by atoms with Gasteiger partial charge in [0.05, 0.1) is 5.52 Å². The Balaban J connectivity index is 2.08. The molecule has 3 rings (SSSR count). The van der Waals surface area contributed by atoms with Gasteiger partial charge in [-0.1, -0.05) is 23.7 Å². The normalized spacial score (nSPS) is 19.2. The van der Waals surface area contributed by atoms with Gasteiger partial charge < -0.3 is 5.32 Å². The minimum Gasteiger partial charge on any atom is -0.315 e. The van der Waals surface area contributed by atoms with E-state index in [9.17, 15) is 8.42 Å². The minimum absolute atomic E-state index is 0.0776. The molecule has 112 valence electrons. The Kier molecular flexibility index (Phi) is 3.88. The van der Waals surface area contributed by atoms with Crippen molar-refractivity contribution in [3.05, 3.63) is 35.0 Å². The summed E-state index contributed by atoms with van der Waals surface area (Å²) in [5.41, 5.74) is 1.23. The van der Waals surface area contributed by atoms with Gasteiger partial charge >= 0.3 is 0 Å². The topological polar surface area (TPSA) is 71.1 Å². The van der Waals surface area contributed by atoms with E-state index in [1.54, 1.807) is 12.1 Å². The number of aryl methyl sites for hydroxylation is 1. The van der Waals surface area contributed by atoms with Crippen LogP contribution in [0.2, 0.25) is 5.15 Å². The highest BCUT2D eigenvalue weighted by molar-refractivity contribution is 7.89. The first-order valence-electron chi connectivity index (χ1n) is 6.76. The highest BCUT2D eigenvalue weighted by atomic mass is 35.5. The van der Waals surface area contributed by atoms with Gasteiger partial charge in [-0.25, -0.2) is 18.1 Å². The first-order valence-corrected chi connectivity index (χ1v) is 8.62. The van der Waals surface area contributed by atoms with Crippen LogP contribution in [-0.4, -0.2) is 32.5 Å². The average molecular weight is 326 g/mol.